The van der Waals surface area contributed by atoms with Crippen molar-refractivity contribution < 1.29 is 0 Å². The van der Waals surface area contributed by atoms with Crippen LogP contribution in [0.25, 0.3) is 0 Å². The standard InChI is InChI=1S/C13H15ClN4/c14-13-3-2-11(6-16-13)8-17-4-1-5-18-10-15-7-12(18)9-17/h2-3,6-7,10H,1,4-5,8-9H2. The van der Waals surface area contributed by atoms with Gasteiger partial charge in [-0.25, -0.2) is 9.97 Å². The number of pyridine rings is 1. The molecular weight excluding hydrogens is 248 g/mol. The van der Waals surface area contributed by atoms with Crippen molar-refractivity contribution in [1.29, 1.82) is 0 Å². The van der Waals surface area contributed by atoms with Gasteiger partial charge in [0.1, 0.15) is 5.15 Å². The predicted molar refractivity (Wildman–Crippen MR) is 70.2 cm³/mol. The van der Waals surface area contributed by atoms with E-state index >= 15 is 0 Å². The molecular formula is C13H15ClN4. The van der Waals surface area contributed by atoms with Gasteiger partial charge < -0.3 is 4.57 Å². The number of fused-ring (bicyclic) bond motifs is 1. The normalized spacial score (nSPS) is 16.3. The summed E-state index contributed by atoms with van der Waals surface area (Å²) < 4.78 is 2.24. The second kappa shape index (κ2) is 5.08. The Kier molecular flexibility index (Phi) is 3.30. The minimum atomic E-state index is 0.549. The summed E-state index contributed by atoms with van der Waals surface area (Å²) >= 11 is 5.80. The van der Waals surface area contributed by atoms with E-state index in [9.17, 15) is 0 Å². The lowest BCUT2D eigenvalue weighted by Gasteiger charge is -2.19. The molecule has 3 heterocycles. The molecule has 94 valence electrons. The summed E-state index contributed by atoms with van der Waals surface area (Å²) in [7, 11) is 0. The van der Waals surface area contributed by atoms with Crippen molar-refractivity contribution in [3.63, 3.8) is 0 Å². The van der Waals surface area contributed by atoms with Gasteiger partial charge in [-0.1, -0.05) is 17.7 Å². The SMILES string of the molecule is Clc1ccc(CN2CCCn3cncc3C2)cn1. The van der Waals surface area contributed by atoms with Crippen LogP contribution in [0.15, 0.2) is 30.9 Å². The molecule has 0 aromatic carbocycles. The molecule has 0 saturated heterocycles. The fourth-order valence-electron chi connectivity index (χ4n) is 2.35. The fourth-order valence-corrected chi connectivity index (χ4v) is 2.46. The van der Waals surface area contributed by atoms with Crippen LogP contribution >= 0.6 is 11.6 Å². The molecule has 1 aliphatic rings. The molecule has 3 rings (SSSR count). The van der Waals surface area contributed by atoms with Gasteiger partial charge in [0.15, 0.2) is 0 Å². The first-order valence-electron chi connectivity index (χ1n) is 6.13. The third-order valence-electron chi connectivity index (χ3n) is 3.25. The fraction of sp³-hybridized carbons (Fsp3) is 0.385. The molecule has 0 atom stereocenters. The van der Waals surface area contributed by atoms with Crippen LogP contribution in [0.1, 0.15) is 17.7 Å². The van der Waals surface area contributed by atoms with Crippen LogP contribution in [0.2, 0.25) is 5.15 Å². The van der Waals surface area contributed by atoms with Gasteiger partial charge in [-0.2, -0.15) is 0 Å². The number of nitrogens with zero attached hydrogens (tertiary/aromatic N) is 4. The van der Waals surface area contributed by atoms with E-state index in [1.807, 2.05) is 30.9 Å². The second-order valence-corrected chi connectivity index (χ2v) is 5.02. The van der Waals surface area contributed by atoms with Gasteiger partial charge >= 0.3 is 0 Å². The summed E-state index contributed by atoms with van der Waals surface area (Å²) in [4.78, 5) is 10.8. The van der Waals surface area contributed by atoms with Crippen molar-refractivity contribution >= 4 is 11.6 Å². The molecule has 0 N–H and O–H groups in total. The molecule has 0 amide bonds. The second-order valence-electron chi connectivity index (χ2n) is 4.63. The van der Waals surface area contributed by atoms with Crippen molar-refractivity contribution in [2.75, 3.05) is 6.54 Å². The summed E-state index contributed by atoms with van der Waals surface area (Å²) in [5.74, 6) is 0. The van der Waals surface area contributed by atoms with Gasteiger partial charge in [0.25, 0.3) is 0 Å². The largest absolute Gasteiger partial charge is 0.333 e. The molecule has 0 saturated carbocycles. The zero-order valence-electron chi connectivity index (χ0n) is 10.1. The van der Waals surface area contributed by atoms with E-state index in [0.717, 1.165) is 32.6 Å². The molecule has 0 bridgehead atoms. The van der Waals surface area contributed by atoms with Crippen molar-refractivity contribution in [2.45, 2.75) is 26.1 Å². The highest BCUT2D eigenvalue weighted by Crippen LogP contribution is 2.15. The van der Waals surface area contributed by atoms with Gasteiger partial charge in [0.05, 0.1) is 12.0 Å². The van der Waals surface area contributed by atoms with E-state index in [0.29, 0.717) is 5.15 Å². The first-order chi connectivity index (χ1) is 8.81. The molecule has 0 aliphatic carbocycles. The minimum Gasteiger partial charge on any atom is -0.333 e. The maximum atomic E-state index is 5.80. The highest BCUT2D eigenvalue weighted by atomic mass is 35.5. The number of rotatable bonds is 2. The molecule has 0 unspecified atom stereocenters. The maximum Gasteiger partial charge on any atom is 0.129 e. The smallest absolute Gasteiger partial charge is 0.129 e. The maximum absolute atomic E-state index is 5.80. The molecule has 0 radical (unpaired) electrons. The van der Waals surface area contributed by atoms with E-state index in [-0.39, 0.29) is 0 Å². The average molecular weight is 263 g/mol. The summed E-state index contributed by atoms with van der Waals surface area (Å²) in [6, 6.07) is 3.89. The van der Waals surface area contributed by atoms with Crippen LogP contribution in [0.5, 0.6) is 0 Å². The first kappa shape index (κ1) is 11.7. The Balaban J connectivity index is 1.72. The number of halogens is 1. The van der Waals surface area contributed by atoms with Crippen molar-refractivity contribution in [1.82, 2.24) is 19.4 Å². The summed E-state index contributed by atoms with van der Waals surface area (Å²) in [5.41, 5.74) is 2.49. The number of hydrogen-bond donors (Lipinski definition) is 0. The van der Waals surface area contributed by atoms with E-state index < -0.39 is 0 Å². The average Bonchev–Trinajstić information content (AvgIpc) is 2.71. The Morgan fingerprint density at radius 3 is 3.00 bits per heavy atom. The van der Waals surface area contributed by atoms with E-state index in [2.05, 4.69) is 19.4 Å². The number of imidazole rings is 1. The highest BCUT2D eigenvalue weighted by Gasteiger charge is 2.14. The van der Waals surface area contributed by atoms with Gasteiger partial charge in [-0.15, -0.1) is 0 Å². The number of aromatic nitrogens is 3. The summed E-state index contributed by atoms with van der Waals surface area (Å²) in [6.45, 7) is 4.02. The summed E-state index contributed by atoms with van der Waals surface area (Å²) in [5, 5.41) is 0.549. The predicted octanol–water partition coefficient (Wildman–Crippen LogP) is 2.34. The Morgan fingerprint density at radius 1 is 1.22 bits per heavy atom. The third-order valence-corrected chi connectivity index (χ3v) is 3.48. The van der Waals surface area contributed by atoms with Gasteiger partial charge in [0.2, 0.25) is 0 Å². The molecule has 1 aliphatic heterocycles. The van der Waals surface area contributed by atoms with Crippen LogP contribution in [0.3, 0.4) is 0 Å². The van der Waals surface area contributed by atoms with Crippen LogP contribution in [-0.4, -0.2) is 26.0 Å². The third kappa shape index (κ3) is 2.54. The molecule has 0 fully saturated rings. The summed E-state index contributed by atoms with van der Waals surface area (Å²) in [6.07, 6.45) is 6.88. The Morgan fingerprint density at radius 2 is 2.17 bits per heavy atom. The molecule has 5 heteroatoms. The van der Waals surface area contributed by atoms with Gasteiger partial charge in [0, 0.05) is 38.6 Å². The molecule has 2 aromatic heterocycles. The monoisotopic (exact) mass is 262 g/mol. The molecule has 0 spiro atoms. The van der Waals surface area contributed by atoms with Crippen LogP contribution in [0.4, 0.5) is 0 Å². The van der Waals surface area contributed by atoms with Crippen molar-refractivity contribution in [3.8, 4) is 0 Å². The number of hydrogen-bond acceptors (Lipinski definition) is 3. The van der Waals surface area contributed by atoms with Crippen LogP contribution < -0.4 is 0 Å². The zero-order valence-corrected chi connectivity index (χ0v) is 10.8. The van der Waals surface area contributed by atoms with Gasteiger partial charge in [-0.3, -0.25) is 4.90 Å². The van der Waals surface area contributed by atoms with Crippen LogP contribution in [0, 0.1) is 0 Å². The zero-order chi connectivity index (χ0) is 12.4. The van der Waals surface area contributed by atoms with E-state index in [1.165, 1.54) is 11.3 Å². The van der Waals surface area contributed by atoms with E-state index in [4.69, 9.17) is 11.6 Å². The molecule has 2 aromatic rings. The van der Waals surface area contributed by atoms with E-state index in [1.54, 1.807) is 0 Å². The highest BCUT2D eigenvalue weighted by molar-refractivity contribution is 6.29. The first-order valence-corrected chi connectivity index (χ1v) is 6.51. The Hall–Kier alpha value is -1.39. The lowest BCUT2D eigenvalue weighted by atomic mass is 10.2. The number of aryl methyl sites for hydroxylation is 1. The van der Waals surface area contributed by atoms with Crippen molar-refractivity contribution in [2.24, 2.45) is 0 Å². The molecule has 18 heavy (non-hydrogen) atoms. The molecule has 4 nitrogen and oxygen atoms in total. The quantitative estimate of drug-likeness (QED) is 0.779. The lowest BCUT2D eigenvalue weighted by Crippen LogP contribution is -2.22. The minimum absolute atomic E-state index is 0.549. The topological polar surface area (TPSA) is 34.0 Å². The lowest BCUT2D eigenvalue weighted by molar-refractivity contribution is 0.260. The van der Waals surface area contributed by atoms with Crippen molar-refractivity contribution in [3.05, 3.63) is 47.3 Å². The van der Waals surface area contributed by atoms with Gasteiger partial charge in [-0.05, 0) is 18.1 Å². The Bertz CT molecular complexity index is 520. The van der Waals surface area contributed by atoms with Crippen LogP contribution in [-0.2, 0) is 19.6 Å². The Labute approximate surface area is 111 Å².